The number of hydrogen-bond acceptors (Lipinski definition) is 5. The van der Waals surface area contributed by atoms with E-state index in [1.807, 2.05) is 20.8 Å². The van der Waals surface area contributed by atoms with Gasteiger partial charge in [-0.2, -0.15) is 0 Å². The van der Waals surface area contributed by atoms with E-state index in [9.17, 15) is 9.59 Å². The fourth-order valence-corrected chi connectivity index (χ4v) is 3.68. The Morgan fingerprint density at radius 2 is 1.55 bits per heavy atom. The summed E-state index contributed by atoms with van der Waals surface area (Å²) < 4.78 is 11.5. The van der Waals surface area contributed by atoms with Crippen LogP contribution in [0.3, 0.4) is 0 Å². The first-order valence-electron chi connectivity index (χ1n) is 9.47. The number of rotatable bonds is 2. The molecule has 2 rings (SSSR count). The molecule has 1 aliphatic heterocycles. The van der Waals surface area contributed by atoms with Crippen molar-refractivity contribution >= 4 is 51.1 Å². The highest BCUT2D eigenvalue weighted by atomic mass is 79.9. The van der Waals surface area contributed by atoms with E-state index in [-0.39, 0.29) is 6.09 Å². The number of hydrogen-bond donors (Lipinski definition) is 1. The molecule has 0 atom stereocenters. The van der Waals surface area contributed by atoms with E-state index in [2.05, 4.69) is 26.1 Å². The summed E-state index contributed by atoms with van der Waals surface area (Å²) in [6, 6.07) is 3.54. The number of carbonyl (C=O) groups excluding carboxylic acids is 2. The molecule has 1 aliphatic rings. The van der Waals surface area contributed by atoms with Crippen LogP contribution in [0.4, 0.5) is 21.0 Å². The molecule has 0 radical (unpaired) electrons. The monoisotopic (exact) mass is 489 g/mol. The second-order valence-corrected chi connectivity index (χ2v) is 10.1. The average Bonchev–Trinajstić information content (AvgIpc) is 2.54. The quantitative estimate of drug-likeness (QED) is 0.592. The molecule has 1 aromatic carbocycles. The zero-order valence-electron chi connectivity index (χ0n) is 17.8. The Morgan fingerprint density at radius 3 is 2.07 bits per heavy atom. The zero-order valence-corrected chi connectivity index (χ0v) is 20.1. The molecule has 1 saturated heterocycles. The van der Waals surface area contributed by atoms with E-state index in [1.54, 1.807) is 37.8 Å². The average molecular weight is 491 g/mol. The van der Waals surface area contributed by atoms with Crippen molar-refractivity contribution in [3.05, 3.63) is 21.6 Å². The lowest BCUT2D eigenvalue weighted by molar-refractivity contribution is 0.0240. The molecular formula is C20H29BrClN3O4. The second kappa shape index (κ2) is 9.00. The lowest BCUT2D eigenvalue weighted by Crippen LogP contribution is -2.50. The number of piperazine rings is 1. The van der Waals surface area contributed by atoms with E-state index in [1.165, 1.54) is 0 Å². The predicted octanol–water partition coefficient (Wildman–Crippen LogP) is 5.51. The number of anilines is 2. The minimum absolute atomic E-state index is 0.306. The van der Waals surface area contributed by atoms with E-state index in [0.717, 1.165) is 10.2 Å². The van der Waals surface area contributed by atoms with Crippen molar-refractivity contribution in [2.45, 2.75) is 52.7 Å². The van der Waals surface area contributed by atoms with Gasteiger partial charge in [-0.05, 0) is 69.6 Å². The van der Waals surface area contributed by atoms with Crippen LogP contribution in [-0.2, 0) is 9.47 Å². The molecule has 2 amide bonds. The van der Waals surface area contributed by atoms with Crippen molar-refractivity contribution in [2.75, 3.05) is 36.4 Å². The first-order valence-corrected chi connectivity index (χ1v) is 10.6. The maximum atomic E-state index is 12.3. The van der Waals surface area contributed by atoms with Crippen LogP contribution in [0.25, 0.3) is 0 Å². The van der Waals surface area contributed by atoms with E-state index in [0.29, 0.717) is 36.9 Å². The Bertz CT molecular complexity index is 766. The molecule has 0 aromatic heterocycles. The predicted molar refractivity (Wildman–Crippen MR) is 119 cm³/mol. The zero-order chi connectivity index (χ0) is 22.0. The van der Waals surface area contributed by atoms with Gasteiger partial charge in [0, 0.05) is 30.7 Å². The summed E-state index contributed by atoms with van der Waals surface area (Å²) in [5.41, 5.74) is 0.223. The Kier molecular flexibility index (Phi) is 7.32. The summed E-state index contributed by atoms with van der Waals surface area (Å²) in [7, 11) is 0. The summed E-state index contributed by atoms with van der Waals surface area (Å²) in [4.78, 5) is 28.2. The molecule has 1 N–H and O–H groups in total. The molecule has 29 heavy (non-hydrogen) atoms. The van der Waals surface area contributed by atoms with Crippen LogP contribution < -0.4 is 10.2 Å². The highest BCUT2D eigenvalue weighted by Crippen LogP contribution is 2.36. The standard InChI is InChI=1S/C20H29BrClN3O4/c1-19(2,3)28-17(26)23-15-12-16(13(21)11-14(15)22)24-7-9-25(10-8-24)18(27)29-20(4,5)6/h11-12H,7-10H2,1-6H3,(H,23,26). The van der Waals surface area contributed by atoms with Gasteiger partial charge in [0.2, 0.25) is 0 Å². The highest BCUT2D eigenvalue weighted by Gasteiger charge is 2.27. The minimum Gasteiger partial charge on any atom is -0.444 e. The number of nitrogens with one attached hydrogen (secondary N) is 1. The van der Waals surface area contributed by atoms with Gasteiger partial charge in [0.1, 0.15) is 11.2 Å². The number of halogens is 2. The topological polar surface area (TPSA) is 71.1 Å². The molecule has 0 unspecified atom stereocenters. The van der Waals surface area contributed by atoms with Crippen molar-refractivity contribution in [2.24, 2.45) is 0 Å². The molecule has 162 valence electrons. The number of ether oxygens (including phenoxy) is 2. The molecule has 1 heterocycles. The minimum atomic E-state index is -0.604. The van der Waals surface area contributed by atoms with Gasteiger partial charge in [0.15, 0.2) is 0 Å². The molecule has 1 fully saturated rings. The Morgan fingerprint density at radius 1 is 1.00 bits per heavy atom. The third-order valence-electron chi connectivity index (χ3n) is 3.94. The van der Waals surface area contributed by atoms with Crippen LogP contribution in [0.5, 0.6) is 0 Å². The van der Waals surface area contributed by atoms with Crippen LogP contribution in [0, 0.1) is 0 Å². The summed E-state index contributed by atoms with van der Waals surface area (Å²) in [6.45, 7) is 13.3. The van der Waals surface area contributed by atoms with E-state index in [4.69, 9.17) is 21.1 Å². The summed E-state index contributed by atoms with van der Waals surface area (Å²) in [6.07, 6.45) is -0.873. The normalized spacial score (nSPS) is 15.2. The van der Waals surface area contributed by atoms with Gasteiger partial charge in [-0.15, -0.1) is 0 Å². The molecule has 0 spiro atoms. The van der Waals surface area contributed by atoms with Crippen LogP contribution in [-0.4, -0.2) is 54.5 Å². The van der Waals surface area contributed by atoms with Gasteiger partial charge in [0.25, 0.3) is 0 Å². The van der Waals surface area contributed by atoms with Crippen LogP contribution in [0.2, 0.25) is 5.02 Å². The molecule has 7 nitrogen and oxygen atoms in total. The summed E-state index contributed by atoms with van der Waals surface area (Å²) in [5, 5.41) is 3.10. The van der Waals surface area contributed by atoms with Gasteiger partial charge in [0.05, 0.1) is 16.4 Å². The largest absolute Gasteiger partial charge is 0.444 e. The van der Waals surface area contributed by atoms with Gasteiger partial charge < -0.3 is 19.3 Å². The maximum Gasteiger partial charge on any atom is 0.412 e. The number of carbonyl (C=O) groups is 2. The SMILES string of the molecule is CC(C)(C)OC(=O)Nc1cc(N2CCN(C(=O)OC(C)(C)C)CC2)c(Br)cc1Cl. The van der Waals surface area contributed by atoms with Gasteiger partial charge in [-0.1, -0.05) is 11.6 Å². The third-order valence-corrected chi connectivity index (χ3v) is 4.89. The van der Waals surface area contributed by atoms with Gasteiger partial charge >= 0.3 is 12.2 Å². The first-order chi connectivity index (χ1) is 13.2. The Labute approximate surface area is 185 Å². The number of benzene rings is 1. The highest BCUT2D eigenvalue weighted by molar-refractivity contribution is 9.10. The first kappa shape index (κ1) is 23.6. The summed E-state index contributed by atoms with van der Waals surface area (Å²) in [5.74, 6) is 0. The fourth-order valence-electron chi connectivity index (χ4n) is 2.75. The van der Waals surface area contributed by atoms with Crippen molar-refractivity contribution in [1.82, 2.24) is 4.90 Å². The van der Waals surface area contributed by atoms with Crippen molar-refractivity contribution in [1.29, 1.82) is 0 Å². The van der Waals surface area contributed by atoms with E-state index >= 15 is 0 Å². The molecule has 0 aliphatic carbocycles. The third kappa shape index (κ3) is 7.26. The van der Waals surface area contributed by atoms with Gasteiger partial charge in [-0.25, -0.2) is 9.59 Å². The molecular weight excluding hydrogens is 462 g/mol. The van der Waals surface area contributed by atoms with Crippen LogP contribution in [0.15, 0.2) is 16.6 Å². The molecule has 1 aromatic rings. The van der Waals surface area contributed by atoms with Gasteiger partial charge in [-0.3, -0.25) is 5.32 Å². The lowest BCUT2D eigenvalue weighted by atomic mass is 10.2. The number of nitrogens with zero attached hydrogens (tertiary/aromatic N) is 2. The smallest absolute Gasteiger partial charge is 0.412 e. The molecule has 9 heteroatoms. The van der Waals surface area contributed by atoms with Crippen LogP contribution in [0.1, 0.15) is 41.5 Å². The fraction of sp³-hybridized carbons (Fsp3) is 0.600. The second-order valence-electron chi connectivity index (χ2n) is 8.86. The van der Waals surface area contributed by atoms with E-state index < -0.39 is 17.3 Å². The summed E-state index contributed by atoms with van der Waals surface area (Å²) >= 11 is 9.83. The number of amides is 2. The lowest BCUT2D eigenvalue weighted by Gasteiger charge is -2.37. The Balaban J connectivity index is 2.08. The maximum absolute atomic E-state index is 12.3. The Hall–Kier alpha value is -1.67. The molecule has 0 saturated carbocycles. The van der Waals surface area contributed by atoms with Crippen molar-refractivity contribution in [3.63, 3.8) is 0 Å². The van der Waals surface area contributed by atoms with Crippen LogP contribution >= 0.6 is 27.5 Å². The van der Waals surface area contributed by atoms with Crippen molar-refractivity contribution in [3.8, 4) is 0 Å². The molecule has 0 bridgehead atoms. The van der Waals surface area contributed by atoms with Crippen molar-refractivity contribution < 1.29 is 19.1 Å².